The summed E-state index contributed by atoms with van der Waals surface area (Å²) in [4.78, 5) is 16.1. The number of nitrogens with zero attached hydrogens (tertiary/aromatic N) is 1. The fourth-order valence-corrected chi connectivity index (χ4v) is 3.42. The summed E-state index contributed by atoms with van der Waals surface area (Å²) in [7, 11) is -3.68. The summed E-state index contributed by atoms with van der Waals surface area (Å²) in [6.45, 7) is 0.0572. The molecule has 2 aromatic heterocycles. The Bertz CT molecular complexity index is 902. The highest BCUT2D eigenvalue weighted by molar-refractivity contribution is 7.89. The quantitative estimate of drug-likeness (QED) is 0.700. The van der Waals surface area contributed by atoms with Crippen LogP contribution in [0.25, 0.3) is 0 Å². The van der Waals surface area contributed by atoms with E-state index in [4.69, 9.17) is 4.42 Å². The van der Waals surface area contributed by atoms with Crippen molar-refractivity contribution in [1.29, 1.82) is 0 Å². The SMILES string of the molecule is O=C(Nc1nccs1)c1ccc(S(=O)(=O)NCc2ccco2)cc1. The zero-order valence-electron chi connectivity index (χ0n) is 12.3. The van der Waals surface area contributed by atoms with Gasteiger partial charge in [-0.15, -0.1) is 11.3 Å². The van der Waals surface area contributed by atoms with Gasteiger partial charge in [0, 0.05) is 17.1 Å². The summed E-state index contributed by atoms with van der Waals surface area (Å²) in [6.07, 6.45) is 3.06. The lowest BCUT2D eigenvalue weighted by Crippen LogP contribution is -2.23. The van der Waals surface area contributed by atoms with Crippen molar-refractivity contribution in [2.75, 3.05) is 5.32 Å². The maximum atomic E-state index is 12.2. The second-order valence-corrected chi connectivity index (χ2v) is 7.38. The van der Waals surface area contributed by atoms with Gasteiger partial charge >= 0.3 is 0 Å². The predicted molar refractivity (Wildman–Crippen MR) is 89.2 cm³/mol. The number of carbonyl (C=O) groups is 1. The number of amides is 1. The van der Waals surface area contributed by atoms with Crippen molar-refractivity contribution >= 4 is 32.4 Å². The molecule has 0 aliphatic heterocycles. The summed E-state index contributed by atoms with van der Waals surface area (Å²) in [5.41, 5.74) is 0.343. The van der Waals surface area contributed by atoms with Crippen LogP contribution in [-0.2, 0) is 16.6 Å². The molecule has 9 heteroatoms. The third-order valence-corrected chi connectivity index (χ3v) is 5.20. The van der Waals surface area contributed by atoms with E-state index in [1.54, 1.807) is 23.7 Å². The number of anilines is 1. The topological polar surface area (TPSA) is 101 Å². The van der Waals surface area contributed by atoms with Crippen molar-refractivity contribution in [1.82, 2.24) is 9.71 Å². The van der Waals surface area contributed by atoms with Crippen LogP contribution in [0.15, 0.2) is 63.6 Å². The molecule has 0 atom stereocenters. The van der Waals surface area contributed by atoms with Crippen LogP contribution in [0, 0.1) is 0 Å². The van der Waals surface area contributed by atoms with Crippen molar-refractivity contribution in [3.05, 3.63) is 65.6 Å². The standard InChI is InChI=1S/C15H13N3O4S2/c19-14(18-15-16-7-9-23-15)11-3-5-13(6-4-11)24(20,21)17-10-12-2-1-8-22-12/h1-9,17H,10H2,(H,16,18,19). The molecule has 3 aromatic rings. The van der Waals surface area contributed by atoms with E-state index in [0.717, 1.165) is 0 Å². The molecule has 0 fully saturated rings. The zero-order chi connectivity index (χ0) is 17.0. The van der Waals surface area contributed by atoms with Crippen LogP contribution in [0.3, 0.4) is 0 Å². The van der Waals surface area contributed by atoms with Crippen LogP contribution in [0.4, 0.5) is 5.13 Å². The van der Waals surface area contributed by atoms with Crippen LogP contribution in [0.2, 0.25) is 0 Å². The highest BCUT2D eigenvalue weighted by Crippen LogP contribution is 2.15. The van der Waals surface area contributed by atoms with Gasteiger partial charge in [-0.3, -0.25) is 10.1 Å². The van der Waals surface area contributed by atoms with Gasteiger partial charge in [0.15, 0.2) is 5.13 Å². The fourth-order valence-electron chi connectivity index (χ4n) is 1.90. The van der Waals surface area contributed by atoms with Gasteiger partial charge in [-0.25, -0.2) is 18.1 Å². The van der Waals surface area contributed by atoms with Gasteiger partial charge in [0.05, 0.1) is 17.7 Å². The molecule has 0 bridgehead atoms. The maximum Gasteiger partial charge on any atom is 0.257 e. The highest BCUT2D eigenvalue weighted by atomic mass is 32.2. The number of sulfonamides is 1. The molecular weight excluding hydrogens is 350 g/mol. The first-order chi connectivity index (χ1) is 11.5. The average Bonchev–Trinajstić information content (AvgIpc) is 3.27. The Hall–Kier alpha value is -2.49. The minimum Gasteiger partial charge on any atom is -0.468 e. The molecule has 0 aliphatic carbocycles. The van der Waals surface area contributed by atoms with Gasteiger partial charge in [0.25, 0.3) is 5.91 Å². The molecule has 0 spiro atoms. The third-order valence-electron chi connectivity index (χ3n) is 3.10. The molecule has 3 rings (SSSR count). The lowest BCUT2D eigenvalue weighted by Gasteiger charge is -2.06. The van der Waals surface area contributed by atoms with Crippen LogP contribution in [-0.4, -0.2) is 19.3 Å². The van der Waals surface area contributed by atoms with Gasteiger partial charge in [-0.1, -0.05) is 0 Å². The molecule has 1 aromatic carbocycles. The number of rotatable bonds is 6. The van der Waals surface area contributed by atoms with Gasteiger partial charge in [0.1, 0.15) is 5.76 Å². The van der Waals surface area contributed by atoms with E-state index in [2.05, 4.69) is 15.0 Å². The fraction of sp³-hybridized carbons (Fsp3) is 0.0667. The van der Waals surface area contributed by atoms with Crippen LogP contribution >= 0.6 is 11.3 Å². The van der Waals surface area contributed by atoms with E-state index < -0.39 is 10.0 Å². The van der Waals surface area contributed by atoms with Crippen molar-refractivity contribution < 1.29 is 17.6 Å². The largest absolute Gasteiger partial charge is 0.468 e. The molecule has 2 N–H and O–H groups in total. The molecule has 0 saturated carbocycles. The molecule has 0 aliphatic rings. The van der Waals surface area contributed by atoms with E-state index in [1.807, 2.05) is 0 Å². The molecule has 2 heterocycles. The summed E-state index contributed by atoms with van der Waals surface area (Å²) < 4.78 is 31.9. The minimum absolute atomic E-state index is 0.0572. The van der Waals surface area contributed by atoms with Crippen molar-refractivity contribution in [3.8, 4) is 0 Å². The monoisotopic (exact) mass is 363 g/mol. The van der Waals surface area contributed by atoms with Crippen molar-refractivity contribution in [3.63, 3.8) is 0 Å². The molecular formula is C15H13N3O4S2. The number of furan rings is 1. The highest BCUT2D eigenvalue weighted by Gasteiger charge is 2.15. The second kappa shape index (κ2) is 6.95. The van der Waals surface area contributed by atoms with Gasteiger partial charge in [-0.2, -0.15) is 0 Å². The lowest BCUT2D eigenvalue weighted by atomic mass is 10.2. The summed E-state index contributed by atoms with van der Waals surface area (Å²) >= 11 is 1.30. The maximum absolute atomic E-state index is 12.2. The summed E-state index contributed by atoms with van der Waals surface area (Å²) in [5.74, 6) is 0.162. The first kappa shape index (κ1) is 16.4. The minimum atomic E-state index is -3.68. The van der Waals surface area contributed by atoms with Crippen LogP contribution in [0.5, 0.6) is 0 Å². The van der Waals surface area contributed by atoms with E-state index in [1.165, 1.54) is 41.9 Å². The van der Waals surface area contributed by atoms with E-state index in [9.17, 15) is 13.2 Å². The number of benzene rings is 1. The normalized spacial score (nSPS) is 11.3. The number of thiazole rings is 1. The second-order valence-electron chi connectivity index (χ2n) is 4.72. The summed E-state index contributed by atoms with van der Waals surface area (Å²) in [6, 6.07) is 9.01. The zero-order valence-corrected chi connectivity index (χ0v) is 13.9. The Labute approximate surface area is 142 Å². The summed E-state index contributed by atoms with van der Waals surface area (Å²) in [5, 5.41) is 4.86. The first-order valence-corrected chi connectivity index (χ1v) is 9.24. The number of hydrogen-bond donors (Lipinski definition) is 2. The average molecular weight is 363 g/mol. The first-order valence-electron chi connectivity index (χ1n) is 6.87. The van der Waals surface area contributed by atoms with E-state index in [0.29, 0.717) is 16.5 Å². The lowest BCUT2D eigenvalue weighted by molar-refractivity contribution is 0.102. The van der Waals surface area contributed by atoms with Crippen LogP contribution in [0.1, 0.15) is 16.1 Å². The van der Waals surface area contributed by atoms with Gasteiger partial charge in [-0.05, 0) is 36.4 Å². The molecule has 0 saturated heterocycles. The Kier molecular flexibility index (Phi) is 4.74. The molecule has 0 unspecified atom stereocenters. The smallest absolute Gasteiger partial charge is 0.257 e. The van der Waals surface area contributed by atoms with E-state index >= 15 is 0 Å². The molecule has 7 nitrogen and oxygen atoms in total. The molecule has 0 radical (unpaired) electrons. The Morgan fingerprint density at radius 2 is 2.00 bits per heavy atom. The van der Waals surface area contributed by atoms with E-state index in [-0.39, 0.29) is 17.3 Å². The van der Waals surface area contributed by atoms with Gasteiger partial charge < -0.3 is 4.42 Å². The Balaban J connectivity index is 1.67. The third kappa shape index (κ3) is 3.88. The number of aromatic nitrogens is 1. The predicted octanol–water partition coefficient (Wildman–Crippen LogP) is 2.47. The molecule has 124 valence electrons. The molecule has 24 heavy (non-hydrogen) atoms. The Morgan fingerprint density at radius 3 is 2.62 bits per heavy atom. The van der Waals surface area contributed by atoms with Crippen molar-refractivity contribution in [2.24, 2.45) is 0 Å². The van der Waals surface area contributed by atoms with Crippen molar-refractivity contribution in [2.45, 2.75) is 11.4 Å². The number of carbonyl (C=O) groups excluding carboxylic acids is 1. The van der Waals surface area contributed by atoms with Gasteiger partial charge in [0.2, 0.25) is 10.0 Å². The van der Waals surface area contributed by atoms with Crippen LogP contribution < -0.4 is 10.0 Å². The Morgan fingerprint density at radius 1 is 1.21 bits per heavy atom. The molecule has 1 amide bonds. The number of hydrogen-bond acceptors (Lipinski definition) is 6. The number of nitrogens with one attached hydrogen (secondary N) is 2.